The predicted molar refractivity (Wildman–Crippen MR) is 115 cm³/mol. The molecule has 2 aromatic carbocycles. The van der Waals surface area contributed by atoms with E-state index in [0.717, 1.165) is 22.6 Å². The standard InChI is InChI=1S/C23H28N2O5/c1-4-28-19-9-7-17(13-21(19)29-5-2)10-11-24-22(26)14-25-15-23(27)30-20-12-16(3)6-8-18(20)25/h6-9,12-13H,4-5,10-11,14-15H2,1-3H3,(H,24,26). The van der Waals surface area contributed by atoms with E-state index in [0.29, 0.717) is 37.7 Å². The average Bonchev–Trinajstić information content (AvgIpc) is 2.69. The molecule has 0 atom stereocenters. The van der Waals surface area contributed by atoms with E-state index in [4.69, 9.17) is 14.2 Å². The summed E-state index contributed by atoms with van der Waals surface area (Å²) in [5.41, 5.74) is 2.79. The zero-order valence-electron chi connectivity index (χ0n) is 17.7. The molecule has 0 saturated carbocycles. The molecule has 1 N–H and O–H groups in total. The third-order valence-electron chi connectivity index (χ3n) is 4.68. The van der Waals surface area contributed by atoms with Crippen molar-refractivity contribution in [1.82, 2.24) is 5.32 Å². The monoisotopic (exact) mass is 412 g/mol. The second-order valence-electron chi connectivity index (χ2n) is 7.05. The Hall–Kier alpha value is -3.22. The van der Waals surface area contributed by atoms with Crippen LogP contribution in [0.1, 0.15) is 25.0 Å². The summed E-state index contributed by atoms with van der Waals surface area (Å²) in [5.74, 6) is 1.42. The molecule has 0 bridgehead atoms. The number of ether oxygens (including phenoxy) is 3. The fourth-order valence-electron chi connectivity index (χ4n) is 3.33. The number of hydrogen-bond donors (Lipinski definition) is 1. The Morgan fingerprint density at radius 2 is 1.87 bits per heavy atom. The topological polar surface area (TPSA) is 77.1 Å². The van der Waals surface area contributed by atoms with Crippen molar-refractivity contribution >= 4 is 17.6 Å². The van der Waals surface area contributed by atoms with Crippen molar-refractivity contribution in [3.8, 4) is 17.2 Å². The van der Waals surface area contributed by atoms with Gasteiger partial charge >= 0.3 is 5.97 Å². The Kier molecular flexibility index (Phi) is 7.17. The maximum atomic E-state index is 12.4. The minimum atomic E-state index is -0.362. The van der Waals surface area contributed by atoms with Gasteiger partial charge in [-0.2, -0.15) is 0 Å². The maximum Gasteiger partial charge on any atom is 0.331 e. The molecule has 160 valence electrons. The van der Waals surface area contributed by atoms with E-state index in [-0.39, 0.29) is 25.0 Å². The summed E-state index contributed by atoms with van der Waals surface area (Å²) in [6.07, 6.45) is 0.663. The number of carbonyl (C=O) groups excluding carboxylic acids is 2. The third-order valence-corrected chi connectivity index (χ3v) is 4.68. The summed E-state index contributed by atoms with van der Waals surface area (Å²) in [6, 6.07) is 11.4. The van der Waals surface area contributed by atoms with Gasteiger partial charge in [-0.1, -0.05) is 12.1 Å². The highest BCUT2D eigenvalue weighted by molar-refractivity contribution is 5.89. The molecule has 1 heterocycles. The van der Waals surface area contributed by atoms with E-state index < -0.39 is 0 Å². The van der Waals surface area contributed by atoms with Gasteiger partial charge in [-0.3, -0.25) is 4.79 Å². The Morgan fingerprint density at radius 1 is 1.10 bits per heavy atom. The molecule has 0 aromatic heterocycles. The fraction of sp³-hybridized carbons (Fsp3) is 0.391. The molecule has 3 rings (SSSR count). The van der Waals surface area contributed by atoms with Crippen LogP contribution in [0.25, 0.3) is 0 Å². The molecule has 7 heteroatoms. The lowest BCUT2D eigenvalue weighted by molar-refractivity contribution is -0.133. The number of esters is 1. The van der Waals surface area contributed by atoms with Crippen molar-refractivity contribution < 1.29 is 23.8 Å². The second-order valence-corrected chi connectivity index (χ2v) is 7.05. The van der Waals surface area contributed by atoms with E-state index in [9.17, 15) is 9.59 Å². The maximum absolute atomic E-state index is 12.4. The molecule has 0 saturated heterocycles. The van der Waals surface area contributed by atoms with Gasteiger partial charge in [0.05, 0.1) is 25.4 Å². The van der Waals surface area contributed by atoms with E-state index in [1.165, 1.54) is 0 Å². The SMILES string of the molecule is CCOc1ccc(CCNC(=O)CN2CC(=O)Oc3cc(C)ccc32)cc1OCC. The van der Waals surface area contributed by atoms with Crippen LogP contribution in [0.4, 0.5) is 5.69 Å². The number of rotatable bonds is 9. The molecule has 0 unspecified atom stereocenters. The molecule has 0 fully saturated rings. The van der Waals surface area contributed by atoms with Gasteiger partial charge in [-0.25, -0.2) is 4.79 Å². The van der Waals surface area contributed by atoms with Gasteiger partial charge in [0.15, 0.2) is 17.2 Å². The summed E-state index contributed by atoms with van der Waals surface area (Å²) < 4.78 is 16.5. The summed E-state index contributed by atoms with van der Waals surface area (Å²) in [6.45, 7) is 7.55. The van der Waals surface area contributed by atoms with Gasteiger partial charge in [-0.05, 0) is 62.6 Å². The van der Waals surface area contributed by atoms with Crippen LogP contribution in [-0.2, 0) is 16.0 Å². The molecule has 0 radical (unpaired) electrons. The van der Waals surface area contributed by atoms with E-state index >= 15 is 0 Å². The largest absolute Gasteiger partial charge is 0.490 e. The van der Waals surface area contributed by atoms with Crippen molar-refractivity contribution in [1.29, 1.82) is 0 Å². The van der Waals surface area contributed by atoms with E-state index in [2.05, 4.69) is 5.32 Å². The summed E-state index contributed by atoms with van der Waals surface area (Å²) in [7, 11) is 0. The predicted octanol–water partition coefficient (Wildman–Crippen LogP) is 2.88. The Morgan fingerprint density at radius 3 is 2.63 bits per heavy atom. The Bertz CT molecular complexity index is 912. The van der Waals surface area contributed by atoms with Crippen molar-refractivity contribution in [2.75, 3.05) is 37.7 Å². The summed E-state index contributed by atoms with van der Waals surface area (Å²) >= 11 is 0. The quantitative estimate of drug-likeness (QED) is 0.504. The first-order valence-corrected chi connectivity index (χ1v) is 10.2. The number of fused-ring (bicyclic) bond motifs is 1. The van der Waals surface area contributed by atoms with Crippen LogP contribution in [-0.4, -0.2) is 44.7 Å². The minimum absolute atomic E-state index is 0.0556. The number of anilines is 1. The Balaban J connectivity index is 1.56. The van der Waals surface area contributed by atoms with Gasteiger partial charge in [0.1, 0.15) is 6.54 Å². The lowest BCUT2D eigenvalue weighted by Crippen LogP contribution is -2.43. The first-order chi connectivity index (χ1) is 14.5. The molecule has 0 aliphatic carbocycles. The van der Waals surface area contributed by atoms with Crippen molar-refractivity contribution in [3.63, 3.8) is 0 Å². The lowest BCUT2D eigenvalue weighted by Gasteiger charge is -2.29. The molecule has 2 aromatic rings. The molecule has 7 nitrogen and oxygen atoms in total. The number of carbonyl (C=O) groups is 2. The first kappa shape index (κ1) is 21.5. The minimum Gasteiger partial charge on any atom is -0.490 e. The number of aryl methyl sites for hydroxylation is 1. The number of nitrogens with one attached hydrogen (secondary N) is 1. The molecular weight excluding hydrogens is 384 g/mol. The van der Waals surface area contributed by atoms with E-state index in [1.54, 1.807) is 11.0 Å². The molecule has 1 amide bonds. The third kappa shape index (κ3) is 5.43. The lowest BCUT2D eigenvalue weighted by atomic mass is 10.1. The van der Waals surface area contributed by atoms with Crippen LogP contribution in [0.3, 0.4) is 0 Å². The van der Waals surface area contributed by atoms with Gasteiger partial charge in [0.2, 0.25) is 5.91 Å². The highest BCUT2D eigenvalue weighted by atomic mass is 16.5. The normalized spacial score (nSPS) is 12.8. The van der Waals surface area contributed by atoms with Crippen LogP contribution < -0.4 is 24.4 Å². The van der Waals surface area contributed by atoms with Gasteiger partial charge in [-0.15, -0.1) is 0 Å². The van der Waals surface area contributed by atoms with Gasteiger partial charge < -0.3 is 24.4 Å². The zero-order chi connectivity index (χ0) is 21.5. The Labute approximate surface area is 176 Å². The van der Waals surface area contributed by atoms with Gasteiger partial charge in [0.25, 0.3) is 0 Å². The van der Waals surface area contributed by atoms with Crippen molar-refractivity contribution in [3.05, 3.63) is 47.5 Å². The highest BCUT2D eigenvalue weighted by Crippen LogP contribution is 2.32. The van der Waals surface area contributed by atoms with Crippen LogP contribution in [0.15, 0.2) is 36.4 Å². The van der Waals surface area contributed by atoms with E-state index in [1.807, 2.05) is 51.1 Å². The van der Waals surface area contributed by atoms with Crippen molar-refractivity contribution in [2.24, 2.45) is 0 Å². The van der Waals surface area contributed by atoms with Crippen LogP contribution in [0, 0.1) is 6.92 Å². The summed E-state index contributed by atoms with van der Waals surface area (Å²) in [5, 5.41) is 2.92. The number of amides is 1. The molecule has 1 aliphatic heterocycles. The van der Waals surface area contributed by atoms with Crippen LogP contribution in [0.2, 0.25) is 0 Å². The number of benzene rings is 2. The number of nitrogens with zero attached hydrogens (tertiary/aromatic N) is 1. The first-order valence-electron chi connectivity index (χ1n) is 10.2. The van der Waals surface area contributed by atoms with Crippen LogP contribution >= 0.6 is 0 Å². The second kappa shape index (κ2) is 10.0. The van der Waals surface area contributed by atoms with Crippen LogP contribution in [0.5, 0.6) is 17.2 Å². The van der Waals surface area contributed by atoms with Gasteiger partial charge in [0, 0.05) is 6.54 Å². The molecule has 30 heavy (non-hydrogen) atoms. The van der Waals surface area contributed by atoms with Crippen molar-refractivity contribution in [2.45, 2.75) is 27.2 Å². The smallest absolute Gasteiger partial charge is 0.331 e. The summed E-state index contributed by atoms with van der Waals surface area (Å²) in [4.78, 5) is 26.0. The fourth-order valence-corrected chi connectivity index (χ4v) is 3.33. The average molecular weight is 412 g/mol. The number of hydrogen-bond acceptors (Lipinski definition) is 6. The molecular formula is C23H28N2O5. The zero-order valence-corrected chi connectivity index (χ0v) is 17.7. The molecule has 0 spiro atoms. The highest BCUT2D eigenvalue weighted by Gasteiger charge is 2.25. The molecule has 1 aliphatic rings.